The third kappa shape index (κ3) is 2.80. The summed E-state index contributed by atoms with van der Waals surface area (Å²) in [5.74, 6) is 1.86. The molecule has 3 heterocycles. The molecular weight excluding hydrogens is 334 g/mol. The summed E-state index contributed by atoms with van der Waals surface area (Å²) in [7, 11) is 0. The van der Waals surface area contributed by atoms with Gasteiger partial charge < -0.3 is 4.90 Å². The van der Waals surface area contributed by atoms with Crippen LogP contribution in [0.4, 0.5) is 5.82 Å². The highest BCUT2D eigenvalue weighted by Crippen LogP contribution is 2.35. The van der Waals surface area contributed by atoms with Crippen LogP contribution in [0.5, 0.6) is 0 Å². The van der Waals surface area contributed by atoms with Crippen molar-refractivity contribution in [3.05, 3.63) is 41.0 Å². The van der Waals surface area contributed by atoms with Crippen LogP contribution in [0.1, 0.15) is 42.9 Å². The number of hydrogen-bond acceptors (Lipinski definition) is 4. The first-order chi connectivity index (χ1) is 13.2. The number of para-hydroxylation sites is 2. The maximum atomic E-state index is 9.85. The summed E-state index contributed by atoms with van der Waals surface area (Å²) in [5, 5.41) is 19.0. The van der Waals surface area contributed by atoms with Gasteiger partial charge in [-0.3, -0.25) is 4.40 Å². The molecule has 1 fully saturated rings. The van der Waals surface area contributed by atoms with E-state index in [2.05, 4.69) is 34.4 Å². The van der Waals surface area contributed by atoms with Gasteiger partial charge in [0, 0.05) is 19.5 Å². The molecule has 5 heteroatoms. The normalized spacial score (nSPS) is 15.2. The Bertz CT molecular complexity index is 1090. The van der Waals surface area contributed by atoms with Crippen molar-refractivity contribution in [3.63, 3.8) is 0 Å². The zero-order valence-electron chi connectivity index (χ0n) is 15.9. The third-order valence-corrected chi connectivity index (χ3v) is 5.78. The molecule has 2 aromatic heterocycles. The Balaban J connectivity index is 2.07. The van der Waals surface area contributed by atoms with Crippen molar-refractivity contribution in [2.45, 2.75) is 39.5 Å². The molecule has 1 saturated heterocycles. The minimum Gasteiger partial charge on any atom is -0.357 e. The standard InChI is InChI=1S/C22H23N5/c1-15-9-12-26(13-10-15)22-17(6-5-11-23)16(2)18(14-24)21-25-19-7-3-4-8-20(19)27(21)22/h3-4,7-8,15H,5-6,9-10,12-13H2,1-2H3. The van der Waals surface area contributed by atoms with E-state index >= 15 is 0 Å². The van der Waals surface area contributed by atoms with Crippen LogP contribution in [0.3, 0.4) is 0 Å². The molecule has 27 heavy (non-hydrogen) atoms. The van der Waals surface area contributed by atoms with Gasteiger partial charge in [-0.05, 0) is 55.4 Å². The predicted molar refractivity (Wildman–Crippen MR) is 107 cm³/mol. The maximum Gasteiger partial charge on any atom is 0.157 e. The van der Waals surface area contributed by atoms with Gasteiger partial charge in [-0.1, -0.05) is 19.1 Å². The molecule has 0 unspecified atom stereocenters. The highest BCUT2D eigenvalue weighted by atomic mass is 15.2. The third-order valence-electron chi connectivity index (χ3n) is 5.78. The van der Waals surface area contributed by atoms with Gasteiger partial charge >= 0.3 is 0 Å². The summed E-state index contributed by atoms with van der Waals surface area (Å²) >= 11 is 0. The van der Waals surface area contributed by atoms with Crippen molar-refractivity contribution in [2.24, 2.45) is 5.92 Å². The molecular formula is C22H23N5. The van der Waals surface area contributed by atoms with Crippen molar-refractivity contribution < 1.29 is 0 Å². The number of anilines is 1. The molecule has 0 atom stereocenters. The lowest BCUT2D eigenvalue weighted by Gasteiger charge is -2.34. The average molecular weight is 357 g/mol. The Morgan fingerprint density at radius 1 is 1.19 bits per heavy atom. The van der Waals surface area contributed by atoms with Gasteiger partial charge in [-0.25, -0.2) is 4.98 Å². The van der Waals surface area contributed by atoms with E-state index < -0.39 is 0 Å². The zero-order valence-corrected chi connectivity index (χ0v) is 15.9. The lowest BCUT2D eigenvalue weighted by molar-refractivity contribution is 0.435. The Morgan fingerprint density at radius 2 is 1.93 bits per heavy atom. The van der Waals surface area contributed by atoms with E-state index in [1.54, 1.807) is 0 Å². The fraction of sp³-hybridized carbons (Fsp3) is 0.409. The van der Waals surface area contributed by atoms with Gasteiger partial charge in [0.05, 0.1) is 22.7 Å². The van der Waals surface area contributed by atoms with E-state index in [9.17, 15) is 10.5 Å². The second kappa shape index (κ2) is 6.93. The predicted octanol–water partition coefficient (Wildman–Crippen LogP) is 4.36. The first-order valence-corrected chi connectivity index (χ1v) is 9.60. The molecule has 0 bridgehead atoms. The molecule has 1 aliphatic rings. The number of nitrogens with zero attached hydrogens (tertiary/aromatic N) is 5. The van der Waals surface area contributed by atoms with Crippen molar-refractivity contribution >= 4 is 22.5 Å². The Kier molecular flexibility index (Phi) is 4.46. The second-order valence-corrected chi connectivity index (χ2v) is 7.50. The number of pyridine rings is 1. The topological polar surface area (TPSA) is 68.1 Å². The first-order valence-electron chi connectivity index (χ1n) is 9.60. The van der Waals surface area contributed by atoms with Gasteiger partial charge in [-0.2, -0.15) is 10.5 Å². The first kappa shape index (κ1) is 17.4. The molecule has 0 spiro atoms. The van der Waals surface area contributed by atoms with Crippen molar-refractivity contribution in [2.75, 3.05) is 18.0 Å². The number of imidazole rings is 1. The van der Waals surface area contributed by atoms with Gasteiger partial charge in [0.15, 0.2) is 5.65 Å². The smallest absolute Gasteiger partial charge is 0.157 e. The van der Waals surface area contributed by atoms with E-state index in [-0.39, 0.29) is 0 Å². The van der Waals surface area contributed by atoms with E-state index in [4.69, 9.17) is 4.98 Å². The maximum absolute atomic E-state index is 9.85. The second-order valence-electron chi connectivity index (χ2n) is 7.50. The number of hydrogen-bond donors (Lipinski definition) is 0. The summed E-state index contributed by atoms with van der Waals surface area (Å²) in [6, 6.07) is 12.7. The number of aromatic nitrogens is 2. The van der Waals surface area contributed by atoms with Crippen LogP contribution in [-0.4, -0.2) is 22.5 Å². The van der Waals surface area contributed by atoms with Crippen molar-refractivity contribution in [1.29, 1.82) is 10.5 Å². The lowest BCUT2D eigenvalue weighted by atomic mass is 9.96. The quantitative estimate of drug-likeness (QED) is 0.698. The Labute approximate surface area is 159 Å². The van der Waals surface area contributed by atoms with Gasteiger partial charge in [-0.15, -0.1) is 0 Å². The lowest BCUT2D eigenvalue weighted by Crippen LogP contribution is -2.35. The Morgan fingerprint density at radius 3 is 2.63 bits per heavy atom. The molecule has 3 aromatic rings. The molecule has 5 nitrogen and oxygen atoms in total. The zero-order chi connectivity index (χ0) is 19.0. The van der Waals surface area contributed by atoms with E-state index in [1.165, 1.54) is 0 Å². The van der Waals surface area contributed by atoms with Crippen molar-refractivity contribution in [3.8, 4) is 12.1 Å². The molecule has 0 amide bonds. The molecule has 1 aliphatic heterocycles. The Hall–Kier alpha value is -3.05. The number of fused-ring (bicyclic) bond motifs is 3. The molecule has 136 valence electrons. The van der Waals surface area contributed by atoms with E-state index in [1.807, 2.05) is 25.1 Å². The van der Waals surface area contributed by atoms with Gasteiger partial charge in [0.1, 0.15) is 11.9 Å². The number of nitriles is 2. The highest BCUT2D eigenvalue weighted by molar-refractivity contribution is 5.86. The summed E-state index contributed by atoms with van der Waals surface area (Å²) in [6.45, 7) is 6.29. The average Bonchev–Trinajstić information content (AvgIpc) is 3.06. The van der Waals surface area contributed by atoms with Gasteiger partial charge in [0.25, 0.3) is 0 Å². The number of piperidine rings is 1. The fourth-order valence-corrected chi connectivity index (χ4v) is 4.20. The van der Waals surface area contributed by atoms with Gasteiger partial charge in [0.2, 0.25) is 0 Å². The van der Waals surface area contributed by atoms with Crippen LogP contribution in [0, 0.1) is 35.5 Å². The van der Waals surface area contributed by atoms with Crippen LogP contribution in [0.15, 0.2) is 24.3 Å². The minimum absolute atomic E-state index is 0.446. The monoisotopic (exact) mass is 357 g/mol. The van der Waals surface area contributed by atoms with Crippen LogP contribution in [0.2, 0.25) is 0 Å². The molecule has 0 aliphatic carbocycles. The highest BCUT2D eigenvalue weighted by Gasteiger charge is 2.26. The molecule has 0 N–H and O–H groups in total. The number of benzene rings is 1. The molecule has 1 aromatic carbocycles. The SMILES string of the molecule is Cc1c(CCC#N)c(N2CCC(C)CC2)n2c(nc3ccccc32)c1C#N. The molecule has 4 rings (SSSR count). The van der Waals surface area contributed by atoms with Crippen LogP contribution in [0.25, 0.3) is 16.7 Å². The minimum atomic E-state index is 0.446. The largest absolute Gasteiger partial charge is 0.357 e. The van der Waals surface area contributed by atoms with Crippen LogP contribution in [-0.2, 0) is 6.42 Å². The summed E-state index contributed by atoms with van der Waals surface area (Å²) < 4.78 is 2.16. The summed E-state index contributed by atoms with van der Waals surface area (Å²) in [6.07, 6.45) is 3.41. The van der Waals surface area contributed by atoms with Crippen LogP contribution >= 0.6 is 0 Å². The molecule has 0 saturated carbocycles. The number of rotatable bonds is 3. The van der Waals surface area contributed by atoms with Crippen LogP contribution < -0.4 is 4.90 Å². The summed E-state index contributed by atoms with van der Waals surface area (Å²) in [4.78, 5) is 7.22. The van der Waals surface area contributed by atoms with E-state index in [0.29, 0.717) is 18.4 Å². The van der Waals surface area contributed by atoms with E-state index in [0.717, 1.165) is 65.5 Å². The van der Waals surface area contributed by atoms with Crippen molar-refractivity contribution in [1.82, 2.24) is 9.38 Å². The molecule has 0 radical (unpaired) electrons. The fourth-order valence-electron chi connectivity index (χ4n) is 4.20. The summed E-state index contributed by atoms with van der Waals surface area (Å²) in [5.41, 5.74) is 5.34.